The van der Waals surface area contributed by atoms with Crippen molar-refractivity contribution in [2.45, 2.75) is 33.0 Å². The Hall–Kier alpha value is -2.39. The highest BCUT2D eigenvalue weighted by Crippen LogP contribution is 2.23. The number of nitrogens with zero attached hydrogens (tertiary/aromatic N) is 2. The lowest BCUT2D eigenvalue weighted by atomic mass is 10.0. The fraction of sp³-hybridized carbons (Fsp3) is 0.286. The maximum atomic E-state index is 13.0. The Bertz CT molecular complexity index is 928. The number of benzene rings is 2. The predicted octanol–water partition coefficient (Wildman–Crippen LogP) is 3.58. The minimum atomic E-state index is 0.211. The van der Waals surface area contributed by atoms with Gasteiger partial charge in [0.2, 0.25) is 0 Å². The molecule has 122 valence electrons. The van der Waals surface area contributed by atoms with E-state index in [4.69, 9.17) is 0 Å². The molecule has 0 saturated heterocycles. The van der Waals surface area contributed by atoms with Crippen molar-refractivity contribution in [1.29, 1.82) is 0 Å². The van der Waals surface area contributed by atoms with Crippen LogP contribution < -0.4 is 5.43 Å². The van der Waals surface area contributed by atoms with E-state index in [1.165, 1.54) is 11.3 Å². The fourth-order valence-electron chi connectivity index (χ4n) is 3.86. The topological polar surface area (TPSA) is 25.2 Å². The molecule has 4 rings (SSSR count). The zero-order valence-corrected chi connectivity index (χ0v) is 14.0. The molecule has 24 heavy (non-hydrogen) atoms. The van der Waals surface area contributed by atoms with Crippen molar-refractivity contribution in [3.8, 4) is 0 Å². The molecule has 0 unspecified atom stereocenters. The van der Waals surface area contributed by atoms with E-state index in [2.05, 4.69) is 46.7 Å². The van der Waals surface area contributed by atoms with Crippen molar-refractivity contribution in [3.63, 3.8) is 0 Å². The van der Waals surface area contributed by atoms with Crippen LogP contribution in [0.5, 0.6) is 0 Å². The van der Waals surface area contributed by atoms with Crippen LogP contribution in [0, 0.1) is 0 Å². The number of hydrogen-bond donors (Lipinski definition) is 0. The maximum Gasteiger partial charge on any atom is 0.194 e. The number of para-hydroxylation sites is 1. The summed E-state index contributed by atoms with van der Waals surface area (Å²) in [6, 6.07) is 18.5. The van der Waals surface area contributed by atoms with Gasteiger partial charge in [-0.15, -0.1) is 0 Å². The second kappa shape index (κ2) is 6.25. The van der Waals surface area contributed by atoms with Gasteiger partial charge in [-0.3, -0.25) is 9.69 Å². The van der Waals surface area contributed by atoms with E-state index < -0.39 is 0 Å². The van der Waals surface area contributed by atoms with Crippen molar-refractivity contribution in [3.05, 3.63) is 81.6 Å². The molecule has 3 nitrogen and oxygen atoms in total. The van der Waals surface area contributed by atoms with Crippen LogP contribution in [0.15, 0.2) is 59.4 Å². The highest BCUT2D eigenvalue weighted by molar-refractivity contribution is 5.80. The molecule has 0 radical (unpaired) electrons. The first-order chi connectivity index (χ1) is 11.8. The first-order valence-electron chi connectivity index (χ1n) is 8.67. The van der Waals surface area contributed by atoms with Crippen molar-refractivity contribution < 1.29 is 0 Å². The highest BCUT2D eigenvalue weighted by atomic mass is 16.1. The average Bonchev–Trinajstić information content (AvgIpc) is 2.64. The summed E-state index contributed by atoms with van der Waals surface area (Å²) in [5, 5.41) is 0.847. The smallest absolute Gasteiger partial charge is 0.194 e. The zero-order valence-electron chi connectivity index (χ0n) is 14.0. The largest absolute Gasteiger partial charge is 0.344 e. The Morgan fingerprint density at radius 2 is 1.75 bits per heavy atom. The first-order valence-corrected chi connectivity index (χ1v) is 8.67. The summed E-state index contributed by atoms with van der Waals surface area (Å²) >= 11 is 0. The normalized spacial score (nSPS) is 14.7. The molecule has 1 aliphatic rings. The molecule has 3 aromatic rings. The van der Waals surface area contributed by atoms with Crippen LogP contribution in [-0.4, -0.2) is 16.0 Å². The first kappa shape index (κ1) is 15.2. The molecule has 2 heterocycles. The molecule has 3 heteroatoms. The number of hydrogen-bond acceptors (Lipinski definition) is 2. The van der Waals surface area contributed by atoms with Gasteiger partial charge in [0.15, 0.2) is 5.43 Å². The molecule has 0 N–H and O–H groups in total. The van der Waals surface area contributed by atoms with Crippen LogP contribution in [0.2, 0.25) is 0 Å². The Kier molecular flexibility index (Phi) is 3.95. The molecule has 0 fully saturated rings. The Morgan fingerprint density at radius 3 is 2.54 bits per heavy atom. The van der Waals surface area contributed by atoms with Gasteiger partial charge in [-0.1, -0.05) is 42.5 Å². The molecule has 0 aliphatic carbocycles. The molecule has 1 aliphatic heterocycles. The monoisotopic (exact) mass is 318 g/mol. The van der Waals surface area contributed by atoms with Crippen LogP contribution >= 0.6 is 0 Å². The van der Waals surface area contributed by atoms with Crippen molar-refractivity contribution >= 4 is 10.9 Å². The van der Waals surface area contributed by atoms with E-state index in [1.807, 2.05) is 24.3 Å². The van der Waals surface area contributed by atoms with Gasteiger partial charge in [-0.25, -0.2) is 0 Å². The van der Waals surface area contributed by atoms with E-state index in [0.29, 0.717) is 0 Å². The van der Waals surface area contributed by atoms with Gasteiger partial charge in [-0.2, -0.15) is 0 Å². The minimum absolute atomic E-state index is 0.211. The van der Waals surface area contributed by atoms with Gasteiger partial charge in [0.25, 0.3) is 0 Å². The van der Waals surface area contributed by atoms with Crippen LogP contribution in [0.25, 0.3) is 10.9 Å². The van der Waals surface area contributed by atoms with Crippen molar-refractivity contribution in [2.75, 3.05) is 6.54 Å². The van der Waals surface area contributed by atoms with Gasteiger partial charge in [0.1, 0.15) is 0 Å². The molecular weight excluding hydrogens is 296 g/mol. The third kappa shape index (κ3) is 2.55. The summed E-state index contributed by atoms with van der Waals surface area (Å²) in [5.74, 6) is 0. The molecule has 1 aromatic heterocycles. The second-order valence-electron chi connectivity index (χ2n) is 6.46. The molecule has 0 saturated carbocycles. The summed E-state index contributed by atoms with van der Waals surface area (Å²) < 4.78 is 2.33. The van der Waals surface area contributed by atoms with E-state index in [1.54, 1.807) is 0 Å². The lowest BCUT2D eigenvalue weighted by Crippen LogP contribution is -2.36. The fourth-order valence-corrected chi connectivity index (χ4v) is 3.86. The van der Waals surface area contributed by atoms with Crippen molar-refractivity contribution in [1.82, 2.24) is 9.47 Å². The maximum absolute atomic E-state index is 13.0. The van der Waals surface area contributed by atoms with E-state index in [9.17, 15) is 4.79 Å². The van der Waals surface area contributed by atoms with Crippen LogP contribution in [-0.2, 0) is 26.1 Å². The van der Waals surface area contributed by atoms with Crippen molar-refractivity contribution in [2.24, 2.45) is 0 Å². The van der Waals surface area contributed by atoms with E-state index in [-0.39, 0.29) is 5.43 Å². The molecule has 0 bridgehead atoms. The van der Waals surface area contributed by atoms with Gasteiger partial charge in [-0.05, 0) is 24.6 Å². The summed E-state index contributed by atoms with van der Waals surface area (Å²) in [6.07, 6.45) is 0.941. The second-order valence-corrected chi connectivity index (χ2v) is 6.46. The third-order valence-corrected chi connectivity index (χ3v) is 5.00. The third-order valence-electron chi connectivity index (χ3n) is 5.00. The number of aromatic nitrogens is 1. The molecule has 2 aromatic carbocycles. The summed E-state index contributed by atoms with van der Waals surface area (Å²) in [7, 11) is 0. The standard InChI is InChI=1S/C21H22N2O/c1-2-23-19-11-7-6-10-17(19)21(24)18-15-22(13-12-20(18)23)14-16-8-4-3-5-9-16/h3-11H,2,12-15H2,1H3. The predicted molar refractivity (Wildman–Crippen MR) is 98.1 cm³/mol. The summed E-state index contributed by atoms with van der Waals surface area (Å²) in [4.78, 5) is 15.4. The average molecular weight is 318 g/mol. The van der Waals surface area contributed by atoms with Gasteiger partial charge in [0.05, 0.1) is 5.52 Å². The van der Waals surface area contributed by atoms with Gasteiger partial charge in [0, 0.05) is 49.2 Å². The van der Waals surface area contributed by atoms with Crippen LogP contribution in [0.3, 0.4) is 0 Å². The summed E-state index contributed by atoms with van der Waals surface area (Å²) in [6.45, 7) is 5.71. The Morgan fingerprint density at radius 1 is 1.00 bits per heavy atom. The van der Waals surface area contributed by atoms with Gasteiger partial charge < -0.3 is 4.57 Å². The Labute approximate surface area is 142 Å². The van der Waals surface area contributed by atoms with Crippen LogP contribution in [0.4, 0.5) is 0 Å². The summed E-state index contributed by atoms with van der Waals surface area (Å²) in [5.41, 5.74) is 4.80. The van der Waals surface area contributed by atoms with Crippen LogP contribution in [0.1, 0.15) is 23.7 Å². The Balaban J connectivity index is 1.76. The minimum Gasteiger partial charge on any atom is -0.344 e. The quantitative estimate of drug-likeness (QED) is 0.737. The molecule has 0 spiro atoms. The van der Waals surface area contributed by atoms with E-state index >= 15 is 0 Å². The number of rotatable bonds is 3. The zero-order chi connectivity index (χ0) is 16.5. The lowest BCUT2D eigenvalue weighted by Gasteiger charge is -2.31. The van der Waals surface area contributed by atoms with Gasteiger partial charge >= 0.3 is 0 Å². The highest BCUT2D eigenvalue weighted by Gasteiger charge is 2.23. The number of fused-ring (bicyclic) bond motifs is 2. The molecule has 0 amide bonds. The molecular formula is C21H22N2O. The molecule has 0 atom stereocenters. The lowest BCUT2D eigenvalue weighted by molar-refractivity contribution is 0.240. The van der Waals surface area contributed by atoms with E-state index in [0.717, 1.165) is 49.1 Å². The number of pyridine rings is 1. The number of aryl methyl sites for hydroxylation is 1. The SMILES string of the molecule is CCn1c2c(c(=O)c3ccccc31)CN(Cc1ccccc1)CC2.